The number of rotatable bonds is 5. The van der Waals surface area contributed by atoms with Crippen LogP contribution in [-0.2, 0) is 6.42 Å². The van der Waals surface area contributed by atoms with Gasteiger partial charge in [0.25, 0.3) is 0 Å². The Labute approximate surface area is 131 Å². The van der Waals surface area contributed by atoms with E-state index in [2.05, 4.69) is 41.6 Å². The lowest BCUT2D eigenvalue weighted by molar-refractivity contribution is 0.422. The normalized spacial score (nSPS) is 20.8. The van der Waals surface area contributed by atoms with E-state index in [4.69, 9.17) is 10.7 Å². The predicted octanol–water partition coefficient (Wildman–Crippen LogP) is 3.16. The van der Waals surface area contributed by atoms with Crippen LogP contribution in [0.2, 0.25) is 0 Å². The van der Waals surface area contributed by atoms with Crippen LogP contribution in [0.4, 0.5) is 5.82 Å². The van der Waals surface area contributed by atoms with Gasteiger partial charge in [0.2, 0.25) is 0 Å². The van der Waals surface area contributed by atoms with Crippen molar-refractivity contribution >= 4 is 22.1 Å². The molecular formula is C16H26N4S. The van der Waals surface area contributed by atoms with E-state index in [1.54, 1.807) is 11.3 Å². The van der Waals surface area contributed by atoms with E-state index in [0.717, 1.165) is 42.7 Å². The average Bonchev–Trinajstić information content (AvgIpc) is 3.14. The van der Waals surface area contributed by atoms with Crippen LogP contribution >= 0.6 is 11.3 Å². The number of hydrogen-bond acceptors (Lipinski definition) is 4. The molecule has 116 valence electrons. The molecule has 0 amide bonds. The quantitative estimate of drug-likeness (QED) is 0.923. The Morgan fingerprint density at radius 3 is 2.95 bits per heavy atom. The van der Waals surface area contributed by atoms with Gasteiger partial charge in [0, 0.05) is 37.1 Å². The van der Waals surface area contributed by atoms with Crippen LogP contribution in [0.25, 0.3) is 4.96 Å². The Morgan fingerprint density at radius 1 is 1.48 bits per heavy atom. The molecule has 0 saturated carbocycles. The molecule has 2 aromatic rings. The summed E-state index contributed by atoms with van der Waals surface area (Å²) in [6.45, 7) is 9.07. The fourth-order valence-electron chi connectivity index (χ4n) is 3.18. The maximum Gasteiger partial charge on any atom is 0.195 e. The van der Waals surface area contributed by atoms with Gasteiger partial charge < -0.3 is 10.6 Å². The topological polar surface area (TPSA) is 46.6 Å². The zero-order valence-electron chi connectivity index (χ0n) is 13.2. The summed E-state index contributed by atoms with van der Waals surface area (Å²) < 4.78 is 2.23. The summed E-state index contributed by atoms with van der Waals surface area (Å²) in [6.07, 6.45) is 5.32. The molecular weight excluding hydrogens is 280 g/mol. The Hall–Kier alpha value is -1.07. The largest absolute Gasteiger partial charge is 0.355 e. The van der Waals surface area contributed by atoms with Crippen molar-refractivity contribution < 1.29 is 0 Å². The minimum atomic E-state index is 0.215. The molecule has 1 fully saturated rings. The second-order valence-electron chi connectivity index (χ2n) is 6.55. The van der Waals surface area contributed by atoms with Crippen molar-refractivity contribution in [1.29, 1.82) is 0 Å². The lowest BCUT2D eigenvalue weighted by Crippen LogP contribution is -2.26. The van der Waals surface area contributed by atoms with Gasteiger partial charge in [-0.1, -0.05) is 20.8 Å². The number of imidazole rings is 1. The molecule has 0 bridgehead atoms. The monoisotopic (exact) mass is 306 g/mol. The van der Waals surface area contributed by atoms with Crippen LogP contribution in [0, 0.1) is 11.8 Å². The molecule has 2 atom stereocenters. The minimum absolute atomic E-state index is 0.215. The molecule has 2 aromatic heterocycles. The van der Waals surface area contributed by atoms with Crippen molar-refractivity contribution in [3.8, 4) is 0 Å². The van der Waals surface area contributed by atoms with Gasteiger partial charge in [0.15, 0.2) is 10.8 Å². The summed E-state index contributed by atoms with van der Waals surface area (Å²) >= 11 is 1.71. The molecule has 1 aliphatic rings. The number of anilines is 1. The van der Waals surface area contributed by atoms with Crippen LogP contribution in [0.5, 0.6) is 0 Å². The molecule has 3 rings (SSSR count). The lowest BCUT2D eigenvalue weighted by atomic mass is 9.95. The van der Waals surface area contributed by atoms with Gasteiger partial charge in [-0.15, -0.1) is 11.3 Å². The lowest BCUT2D eigenvalue weighted by Gasteiger charge is -2.20. The molecule has 0 spiro atoms. The van der Waals surface area contributed by atoms with E-state index in [9.17, 15) is 0 Å². The van der Waals surface area contributed by atoms with E-state index in [1.807, 2.05) is 0 Å². The minimum Gasteiger partial charge on any atom is -0.355 e. The molecule has 0 aromatic carbocycles. The van der Waals surface area contributed by atoms with Crippen molar-refractivity contribution in [3.63, 3.8) is 0 Å². The Bertz CT molecular complexity index is 600. The molecule has 2 unspecified atom stereocenters. The fraction of sp³-hybridized carbons (Fsp3) is 0.688. The first kappa shape index (κ1) is 14.9. The Kier molecular flexibility index (Phi) is 4.22. The van der Waals surface area contributed by atoms with Crippen LogP contribution < -0.4 is 10.6 Å². The fourth-order valence-corrected chi connectivity index (χ4v) is 3.91. The third-order valence-electron chi connectivity index (χ3n) is 4.79. The van der Waals surface area contributed by atoms with E-state index in [0.29, 0.717) is 0 Å². The van der Waals surface area contributed by atoms with Crippen LogP contribution in [-0.4, -0.2) is 28.5 Å². The first-order chi connectivity index (χ1) is 10.1. The van der Waals surface area contributed by atoms with Crippen molar-refractivity contribution in [3.05, 3.63) is 17.3 Å². The Balaban J connectivity index is 1.91. The molecule has 2 N–H and O–H groups in total. The number of fused-ring (bicyclic) bond motifs is 1. The highest BCUT2D eigenvalue weighted by Gasteiger charge is 2.29. The van der Waals surface area contributed by atoms with Crippen molar-refractivity contribution in [1.82, 2.24) is 9.38 Å². The third kappa shape index (κ3) is 2.81. The highest BCUT2D eigenvalue weighted by molar-refractivity contribution is 7.15. The van der Waals surface area contributed by atoms with E-state index >= 15 is 0 Å². The number of aromatic nitrogens is 2. The number of nitrogens with zero attached hydrogens (tertiary/aromatic N) is 3. The third-order valence-corrected chi connectivity index (χ3v) is 5.54. The molecule has 1 aliphatic heterocycles. The second kappa shape index (κ2) is 5.97. The summed E-state index contributed by atoms with van der Waals surface area (Å²) in [5.41, 5.74) is 7.51. The highest BCUT2D eigenvalue weighted by atomic mass is 32.1. The molecule has 1 saturated heterocycles. The van der Waals surface area contributed by atoms with Gasteiger partial charge in [-0.05, 0) is 24.7 Å². The first-order valence-corrected chi connectivity index (χ1v) is 8.93. The summed E-state index contributed by atoms with van der Waals surface area (Å²) in [5.74, 6) is 2.71. The summed E-state index contributed by atoms with van der Waals surface area (Å²) in [5, 5.41) is 2.11. The number of hydrogen-bond donors (Lipinski definition) is 1. The zero-order valence-corrected chi connectivity index (χ0v) is 14.1. The maximum absolute atomic E-state index is 6.21. The zero-order chi connectivity index (χ0) is 15.0. The summed E-state index contributed by atoms with van der Waals surface area (Å²) in [7, 11) is 0. The molecule has 3 heterocycles. The smallest absolute Gasteiger partial charge is 0.195 e. The second-order valence-corrected chi connectivity index (χ2v) is 7.42. The maximum atomic E-state index is 6.21. The van der Waals surface area contributed by atoms with E-state index < -0.39 is 0 Å². The molecule has 21 heavy (non-hydrogen) atoms. The van der Waals surface area contributed by atoms with Crippen molar-refractivity contribution in [2.75, 3.05) is 18.0 Å². The van der Waals surface area contributed by atoms with Crippen molar-refractivity contribution in [2.45, 2.75) is 46.1 Å². The molecule has 0 radical (unpaired) electrons. The standard InChI is InChI=1S/C16H26N4S/c1-4-13(17)9-14-15(18-16-20(14)7-8-21-16)19-6-5-12(10-19)11(2)3/h7-8,11-13H,4-6,9-10,17H2,1-3H3. The van der Waals surface area contributed by atoms with Gasteiger partial charge in [0.05, 0.1) is 5.69 Å². The average molecular weight is 306 g/mol. The van der Waals surface area contributed by atoms with Gasteiger partial charge >= 0.3 is 0 Å². The summed E-state index contributed by atoms with van der Waals surface area (Å²) in [4.78, 5) is 8.46. The molecule has 0 aliphatic carbocycles. The van der Waals surface area contributed by atoms with E-state index in [1.165, 1.54) is 17.9 Å². The predicted molar refractivity (Wildman–Crippen MR) is 90.2 cm³/mol. The molecule has 5 heteroatoms. The van der Waals surface area contributed by atoms with Crippen LogP contribution in [0.3, 0.4) is 0 Å². The van der Waals surface area contributed by atoms with Gasteiger partial charge in [-0.2, -0.15) is 0 Å². The first-order valence-electron chi connectivity index (χ1n) is 8.05. The van der Waals surface area contributed by atoms with Crippen LogP contribution in [0.1, 0.15) is 39.3 Å². The Morgan fingerprint density at radius 2 is 2.29 bits per heavy atom. The van der Waals surface area contributed by atoms with Crippen molar-refractivity contribution in [2.24, 2.45) is 17.6 Å². The molecule has 4 nitrogen and oxygen atoms in total. The SMILES string of the molecule is CCC(N)Cc1c(N2CCC(C(C)C)C2)nc2sccn12. The summed E-state index contributed by atoms with van der Waals surface area (Å²) in [6, 6.07) is 0.215. The highest BCUT2D eigenvalue weighted by Crippen LogP contribution is 2.32. The van der Waals surface area contributed by atoms with Gasteiger partial charge in [-0.25, -0.2) is 4.98 Å². The van der Waals surface area contributed by atoms with E-state index in [-0.39, 0.29) is 6.04 Å². The van der Waals surface area contributed by atoms with Crippen LogP contribution in [0.15, 0.2) is 11.6 Å². The van der Waals surface area contributed by atoms with Gasteiger partial charge in [0.1, 0.15) is 0 Å². The number of nitrogens with two attached hydrogens (primary N) is 1. The van der Waals surface area contributed by atoms with Gasteiger partial charge in [-0.3, -0.25) is 4.40 Å². The number of thiazole rings is 1.